The van der Waals surface area contributed by atoms with Gasteiger partial charge in [0.2, 0.25) is 0 Å². The topological polar surface area (TPSA) is 70.3 Å². The molecule has 1 aliphatic rings. The highest BCUT2D eigenvalue weighted by atomic mass is 35.5. The van der Waals surface area contributed by atoms with Crippen LogP contribution in [0.25, 0.3) is 0 Å². The first kappa shape index (κ1) is 12.7. The van der Waals surface area contributed by atoms with Crippen LogP contribution in [0.3, 0.4) is 0 Å². The van der Waals surface area contributed by atoms with Crippen molar-refractivity contribution in [3.05, 3.63) is 28.8 Å². The molecule has 2 atom stereocenters. The van der Waals surface area contributed by atoms with E-state index in [0.717, 1.165) is 6.42 Å². The van der Waals surface area contributed by atoms with Crippen LogP contribution in [0.5, 0.6) is 5.75 Å². The van der Waals surface area contributed by atoms with Gasteiger partial charge in [-0.15, -0.1) is 0 Å². The molecule has 1 fully saturated rings. The molecular weight excluding hydrogens is 254 g/mol. The first-order valence-electron chi connectivity index (χ1n) is 5.69. The fourth-order valence-corrected chi connectivity index (χ4v) is 2.34. The lowest BCUT2D eigenvalue weighted by molar-refractivity contribution is -0.141. The predicted molar refractivity (Wildman–Crippen MR) is 65.6 cm³/mol. The first-order chi connectivity index (χ1) is 8.60. The summed E-state index contributed by atoms with van der Waals surface area (Å²) in [5.41, 5.74) is 0.402. The molecule has 0 aliphatic heterocycles. The second-order valence-corrected chi connectivity index (χ2v) is 4.75. The van der Waals surface area contributed by atoms with Crippen molar-refractivity contribution in [1.82, 2.24) is 0 Å². The number of carboxylic acids is 1. The minimum Gasteiger partial charge on any atom is -0.490 e. The number of nitriles is 1. The van der Waals surface area contributed by atoms with Crippen molar-refractivity contribution < 1.29 is 14.6 Å². The third-order valence-corrected chi connectivity index (χ3v) is 3.41. The number of rotatable bonds is 3. The second kappa shape index (κ2) is 5.28. The summed E-state index contributed by atoms with van der Waals surface area (Å²) < 4.78 is 5.68. The summed E-state index contributed by atoms with van der Waals surface area (Å²) in [4.78, 5) is 10.8. The Morgan fingerprint density at radius 3 is 2.83 bits per heavy atom. The Kier molecular flexibility index (Phi) is 3.73. The zero-order chi connectivity index (χ0) is 13.1. The van der Waals surface area contributed by atoms with E-state index in [-0.39, 0.29) is 12.0 Å². The number of carbonyl (C=O) groups is 1. The van der Waals surface area contributed by atoms with Crippen LogP contribution in [0.4, 0.5) is 0 Å². The third-order valence-electron chi connectivity index (χ3n) is 3.10. The van der Waals surface area contributed by atoms with Crippen LogP contribution in [-0.2, 0) is 4.79 Å². The van der Waals surface area contributed by atoms with Gasteiger partial charge in [0, 0.05) is 6.07 Å². The molecule has 5 heteroatoms. The van der Waals surface area contributed by atoms with E-state index in [2.05, 4.69) is 0 Å². The zero-order valence-corrected chi connectivity index (χ0v) is 10.4. The molecule has 0 radical (unpaired) electrons. The Balaban J connectivity index is 2.01. The number of hydrogen-bond acceptors (Lipinski definition) is 3. The molecule has 0 saturated heterocycles. The first-order valence-corrected chi connectivity index (χ1v) is 6.07. The molecule has 0 spiro atoms. The average molecular weight is 266 g/mol. The molecule has 0 bridgehead atoms. The van der Waals surface area contributed by atoms with Gasteiger partial charge in [-0.1, -0.05) is 11.6 Å². The van der Waals surface area contributed by atoms with Gasteiger partial charge in [0.1, 0.15) is 11.8 Å². The minimum absolute atomic E-state index is 0.0879. The van der Waals surface area contributed by atoms with E-state index >= 15 is 0 Å². The van der Waals surface area contributed by atoms with Gasteiger partial charge in [0.05, 0.1) is 22.6 Å². The molecule has 0 heterocycles. The molecule has 1 N–H and O–H groups in total. The van der Waals surface area contributed by atoms with E-state index in [4.69, 9.17) is 26.7 Å². The van der Waals surface area contributed by atoms with E-state index in [0.29, 0.717) is 29.2 Å². The number of nitrogens with zero attached hydrogens (tertiary/aromatic N) is 1. The second-order valence-electron chi connectivity index (χ2n) is 4.34. The number of ether oxygens (including phenoxy) is 1. The quantitative estimate of drug-likeness (QED) is 0.912. The molecule has 0 amide bonds. The third kappa shape index (κ3) is 2.74. The summed E-state index contributed by atoms with van der Waals surface area (Å²) in [6.45, 7) is 0. The van der Waals surface area contributed by atoms with Crippen molar-refractivity contribution in [2.75, 3.05) is 0 Å². The van der Waals surface area contributed by atoms with Crippen molar-refractivity contribution in [3.63, 3.8) is 0 Å². The van der Waals surface area contributed by atoms with Crippen molar-refractivity contribution in [1.29, 1.82) is 5.26 Å². The monoisotopic (exact) mass is 265 g/mol. The van der Waals surface area contributed by atoms with Gasteiger partial charge in [-0.3, -0.25) is 4.79 Å². The van der Waals surface area contributed by atoms with Crippen LogP contribution in [0.1, 0.15) is 24.8 Å². The normalized spacial score (nSPS) is 22.4. The van der Waals surface area contributed by atoms with Gasteiger partial charge < -0.3 is 9.84 Å². The Bertz CT molecular complexity index is 509. The van der Waals surface area contributed by atoms with Gasteiger partial charge in [-0.25, -0.2) is 0 Å². The Labute approximate surface area is 110 Å². The molecule has 94 valence electrons. The predicted octanol–water partition coefficient (Wildman–Crippen LogP) is 2.84. The van der Waals surface area contributed by atoms with Gasteiger partial charge in [-0.2, -0.15) is 5.26 Å². The van der Waals surface area contributed by atoms with Crippen LogP contribution in [-0.4, -0.2) is 17.2 Å². The van der Waals surface area contributed by atoms with Crippen LogP contribution < -0.4 is 4.74 Å². The summed E-state index contributed by atoms with van der Waals surface area (Å²) in [6, 6.07) is 6.84. The maximum absolute atomic E-state index is 10.8. The van der Waals surface area contributed by atoms with Crippen LogP contribution in [0, 0.1) is 17.2 Å². The molecule has 1 aliphatic carbocycles. The lowest BCUT2D eigenvalue weighted by Gasteiger charge is -2.13. The highest BCUT2D eigenvalue weighted by molar-refractivity contribution is 6.31. The molecule has 1 saturated carbocycles. The fraction of sp³-hybridized carbons (Fsp3) is 0.385. The van der Waals surface area contributed by atoms with Crippen LogP contribution in [0.15, 0.2) is 18.2 Å². The van der Waals surface area contributed by atoms with Gasteiger partial charge in [0.15, 0.2) is 0 Å². The van der Waals surface area contributed by atoms with Crippen LogP contribution in [0.2, 0.25) is 5.02 Å². The maximum atomic E-state index is 10.8. The van der Waals surface area contributed by atoms with Crippen molar-refractivity contribution in [2.45, 2.75) is 25.4 Å². The van der Waals surface area contributed by atoms with Gasteiger partial charge >= 0.3 is 5.97 Å². The van der Waals surface area contributed by atoms with Gasteiger partial charge in [-0.05, 0) is 31.4 Å². The Hall–Kier alpha value is -1.73. The zero-order valence-electron chi connectivity index (χ0n) is 9.60. The summed E-state index contributed by atoms with van der Waals surface area (Å²) >= 11 is 5.90. The Morgan fingerprint density at radius 2 is 2.28 bits per heavy atom. The fourth-order valence-electron chi connectivity index (χ4n) is 2.12. The molecule has 18 heavy (non-hydrogen) atoms. The number of hydrogen-bond donors (Lipinski definition) is 1. The van der Waals surface area contributed by atoms with Crippen molar-refractivity contribution in [2.24, 2.45) is 5.92 Å². The van der Waals surface area contributed by atoms with E-state index in [1.807, 2.05) is 6.07 Å². The average Bonchev–Trinajstić information content (AvgIpc) is 2.78. The molecule has 1 aromatic carbocycles. The molecule has 1 aromatic rings. The smallest absolute Gasteiger partial charge is 0.306 e. The highest BCUT2D eigenvalue weighted by Gasteiger charge is 2.30. The number of benzene rings is 1. The van der Waals surface area contributed by atoms with Crippen LogP contribution >= 0.6 is 11.6 Å². The minimum atomic E-state index is -0.765. The van der Waals surface area contributed by atoms with Gasteiger partial charge in [0.25, 0.3) is 0 Å². The summed E-state index contributed by atoms with van der Waals surface area (Å²) in [5.74, 6) is -0.502. The molecule has 0 unspecified atom stereocenters. The van der Waals surface area contributed by atoms with E-state index in [1.165, 1.54) is 0 Å². The van der Waals surface area contributed by atoms with E-state index < -0.39 is 5.97 Å². The highest BCUT2D eigenvalue weighted by Crippen LogP contribution is 2.30. The Morgan fingerprint density at radius 1 is 1.50 bits per heavy atom. The number of carboxylic acid groups (broad SMARTS) is 1. The lowest BCUT2D eigenvalue weighted by atomic mass is 10.1. The van der Waals surface area contributed by atoms with E-state index in [1.54, 1.807) is 18.2 Å². The van der Waals surface area contributed by atoms with Crippen molar-refractivity contribution >= 4 is 17.6 Å². The standard InChI is InChI=1S/C13H12ClNO3/c14-12-6-11(4-2-9(12)7-15)18-10-3-1-8(5-10)13(16)17/h2,4,6,8,10H,1,3,5H2,(H,16,17)/t8-,10-/m1/s1. The molecular formula is C13H12ClNO3. The largest absolute Gasteiger partial charge is 0.490 e. The number of halogens is 1. The molecule has 4 nitrogen and oxygen atoms in total. The molecule has 2 rings (SSSR count). The summed E-state index contributed by atoms with van der Waals surface area (Å²) in [5, 5.41) is 18.0. The lowest BCUT2D eigenvalue weighted by Crippen LogP contribution is -2.15. The van der Waals surface area contributed by atoms with E-state index in [9.17, 15) is 4.79 Å². The van der Waals surface area contributed by atoms with Crippen molar-refractivity contribution in [3.8, 4) is 11.8 Å². The maximum Gasteiger partial charge on any atom is 0.306 e. The SMILES string of the molecule is N#Cc1ccc(O[C@@H]2CC[C@@H](C(=O)O)C2)cc1Cl. The molecule has 0 aromatic heterocycles. The summed E-state index contributed by atoms with van der Waals surface area (Å²) in [6.07, 6.45) is 1.81. The summed E-state index contributed by atoms with van der Waals surface area (Å²) in [7, 11) is 0. The number of aliphatic carboxylic acids is 1.